The molecule has 1 rings (SSSR count). The van der Waals surface area contributed by atoms with Crippen molar-refractivity contribution in [1.82, 2.24) is 4.90 Å². The molecule has 112 valence electrons. The minimum absolute atomic E-state index is 0.208. The first-order chi connectivity index (χ1) is 8.57. The van der Waals surface area contributed by atoms with Gasteiger partial charge in [0.2, 0.25) is 6.29 Å². The van der Waals surface area contributed by atoms with Crippen LogP contribution in [0.4, 0.5) is 4.79 Å². The van der Waals surface area contributed by atoms with Crippen molar-refractivity contribution < 1.29 is 22.1 Å². The maximum Gasteiger partial charge on any atom is 0.412 e. The number of hydrogen-bond acceptors (Lipinski definition) is 5. The van der Waals surface area contributed by atoms with E-state index in [1.54, 1.807) is 4.90 Å². The number of carbonyl (C=O) groups is 1. The smallest absolute Gasteiger partial charge is 0.412 e. The fourth-order valence-corrected chi connectivity index (χ4v) is 2.37. The van der Waals surface area contributed by atoms with Gasteiger partial charge in [-0.05, 0) is 18.3 Å². The van der Waals surface area contributed by atoms with Crippen molar-refractivity contribution in [2.45, 2.75) is 46.3 Å². The third-order valence-corrected chi connectivity index (χ3v) is 3.22. The molecular formula is C12H23NO5S. The molecule has 1 saturated heterocycles. The molecule has 0 bridgehead atoms. The molecule has 19 heavy (non-hydrogen) atoms. The van der Waals surface area contributed by atoms with Crippen LogP contribution in [0.3, 0.4) is 0 Å². The predicted octanol–water partition coefficient (Wildman–Crippen LogP) is 1.96. The molecule has 0 aromatic heterocycles. The third kappa shape index (κ3) is 6.77. The van der Waals surface area contributed by atoms with Crippen molar-refractivity contribution in [1.29, 1.82) is 0 Å². The molecule has 0 aromatic rings. The summed E-state index contributed by atoms with van der Waals surface area (Å²) in [5.41, 5.74) is -0.208. The highest BCUT2D eigenvalue weighted by Crippen LogP contribution is 2.24. The maximum atomic E-state index is 11.9. The van der Waals surface area contributed by atoms with E-state index in [0.29, 0.717) is 19.5 Å². The first kappa shape index (κ1) is 16.2. The van der Waals surface area contributed by atoms with Crippen LogP contribution in [-0.4, -0.2) is 45.0 Å². The van der Waals surface area contributed by atoms with Crippen molar-refractivity contribution in [2.75, 3.05) is 19.3 Å². The van der Waals surface area contributed by atoms with Crippen molar-refractivity contribution >= 4 is 16.2 Å². The molecule has 0 aliphatic carbocycles. The van der Waals surface area contributed by atoms with Crippen molar-refractivity contribution in [2.24, 2.45) is 5.41 Å². The summed E-state index contributed by atoms with van der Waals surface area (Å²) >= 11 is 0. The second-order valence-electron chi connectivity index (χ2n) is 6.07. The van der Waals surface area contributed by atoms with Crippen LogP contribution in [0.1, 0.15) is 40.0 Å². The molecule has 1 aliphatic rings. The summed E-state index contributed by atoms with van der Waals surface area (Å²) in [6, 6.07) is 0. The van der Waals surface area contributed by atoms with Gasteiger partial charge in [-0.2, -0.15) is 8.42 Å². The van der Waals surface area contributed by atoms with E-state index in [9.17, 15) is 13.2 Å². The van der Waals surface area contributed by atoms with E-state index in [4.69, 9.17) is 8.92 Å². The average molecular weight is 293 g/mol. The lowest BCUT2D eigenvalue weighted by molar-refractivity contribution is -0.0604. The Kier molecular flexibility index (Phi) is 5.20. The zero-order valence-corrected chi connectivity index (χ0v) is 12.8. The molecular weight excluding hydrogens is 270 g/mol. The molecule has 6 nitrogen and oxygen atoms in total. The Bertz CT molecular complexity index is 406. The molecule has 0 saturated carbocycles. The molecule has 1 aliphatic heterocycles. The van der Waals surface area contributed by atoms with E-state index < -0.39 is 22.5 Å². The van der Waals surface area contributed by atoms with Gasteiger partial charge >= 0.3 is 6.09 Å². The highest BCUT2D eigenvalue weighted by Gasteiger charge is 2.29. The van der Waals surface area contributed by atoms with Crippen LogP contribution in [0.2, 0.25) is 0 Å². The normalized spacial score (nSPS) is 18.4. The van der Waals surface area contributed by atoms with Gasteiger partial charge in [-0.1, -0.05) is 20.8 Å². The molecule has 1 heterocycles. The molecule has 7 heteroatoms. The van der Waals surface area contributed by atoms with Gasteiger partial charge in [0.25, 0.3) is 10.1 Å². The minimum Gasteiger partial charge on any atom is -0.418 e. The summed E-state index contributed by atoms with van der Waals surface area (Å²) in [6.07, 6.45) is 1.60. The summed E-state index contributed by atoms with van der Waals surface area (Å²) in [7, 11) is -3.66. The molecule has 0 spiro atoms. The summed E-state index contributed by atoms with van der Waals surface area (Å²) in [4.78, 5) is 13.4. The van der Waals surface area contributed by atoms with Gasteiger partial charge in [-0.15, -0.1) is 0 Å². The third-order valence-electron chi connectivity index (χ3n) is 2.66. The number of carbonyl (C=O) groups excluding carboxylic acids is 1. The van der Waals surface area contributed by atoms with Gasteiger partial charge < -0.3 is 9.64 Å². The van der Waals surface area contributed by atoms with E-state index in [-0.39, 0.29) is 5.41 Å². The zero-order valence-electron chi connectivity index (χ0n) is 12.0. The van der Waals surface area contributed by atoms with E-state index in [0.717, 1.165) is 19.1 Å². The second-order valence-corrected chi connectivity index (χ2v) is 7.67. The quantitative estimate of drug-likeness (QED) is 0.585. The zero-order chi connectivity index (χ0) is 14.7. The Hall–Kier alpha value is -0.820. The first-order valence-corrected chi connectivity index (χ1v) is 8.22. The second kappa shape index (κ2) is 6.09. The van der Waals surface area contributed by atoms with Crippen LogP contribution >= 0.6 is 0 Å². The van der Waals surface area contributed by atoms with E-state index in [1.165, 1.54) is 0 Å². The van der Waals surface area contributed by atoms with E-state index >= 15 is 0 Å². The monoisotopic (exact) mass is 293 g/mol. The van der Waals surface area contributed by atoms with Crippen LogP contribution in [0.25, 0.3) is 0 Å². The highest BCUT2D eigenvalue weighted by molar-refractivity contribution is 7.86. The van der Waals surface area contributed by atoms with Gasteiger partial charge in [0.15, 0.2) is 0 Å². The lowest BCUT2D eigenvalue weighted by Gasteiger charge is -2.26. The molecule has 1 fully saturated rings. The minimum atomic E-state index is -3.66. The summed E-state index contributed by atoms with van der Waals surface area (Å²) < 4.78 is 32.4. The number of ether oxygens (including phenoxy) is 1. The standard InChI is InChI=1S/C12H23NO5S/c1-12(2,3)9-10(18-19(4,15)16)17-11(14)13-7-5-6-8-13/h10H,5-9H2,1-4H3. The average Bonchev–Trinajstić information content (AvgIpc) is 2.63. The van der Waals surface area contributed by atoms with Gasteiger partial charge in [0, 0.05) is 19.5 Å². The fourth-order valence-electron chi connectivity index (χ4n) is 1.88. The Morgan fingerprint density at radius 2 is 1.79 bits per heavy atom. The summed E-state index contributed by atoms with van der Waals surface area (Å²) in [6.45, 7) is 7.08. The van der Waals surface area contributed by atoms with Crippen LogP contribution in [0.15, 0.2) is 0 Å². The topological polar surface area (TPSA) is 72.9 Å². The Morgan fingerprint density at radius 1 is 1.26 bits per heavy atom. The number of amides is 1. The lowest BCUT2D eigenvalue weighted by atomic mass is 9.92. The molecule has 1 atom stereocenters. The van der Waals surface area contributed by atoms with Gasteiger partial charge in [-0.3, -0.25) is 0 Å². The number of hydrogen-bond donors (Lipinski definition) is 0. The van der Waals surface area contributed by atoms with Gasteiger partial charge in [0.05, 0.1) is 6.26 Å². The van der Waals surface area contributed by atoms with Gasteiger partial charge in [0.1, 0.15) is 0 Å². The van der Waals surface area contributed by atoms with Gasteiger partial charge in [-0.25, -0.2) is 8.98 Å². The SMILES string of the molecule is CC(C)(C)CC(OC(=O)N1CCCC1)OS(C)(=O)=O. The van der Waals surface area contributed by atoms with Crippen LogP contribution in [-0.2, 0) is 19.0 Å². The largest absolute Gasteiger partial charge is 0.418 e. The number of nitrogens with zero attached hydrogens (tertiary/aromatic N) is 1. The summed E-state index contributed by atoms with van der Waals surface area (Å²) in [5.74, 6) is 0. The lowest BCUT2D eigenvalue weighted by Crippen LogP contribution is -2.35. The van der Waals surface area contributed by atoms with Crippen molar-refractivity contribution in [3.63, 3.8) is 0 Å². The Balaban J connectivity index is 2.64. The van der Waals surface area contributed by atoms with Crippen molar-refractivity contribution in [3.05, 3.63) is 0 Å². The Morgan fingerprint density at radius 3 is 2.21 bits per heavy atom. The van der Waals surface area contributed by atoms with Crippen LogP contribution < -0.4 is 0 Å². The molecule has 0 N–H and O–H groups in total. The Labute approximate surface area is 115 Å². The maximum absolute atomic E-state index is 11.9. The summed E-state index contributed by atoms with van der Waals surface area (Å²) in [5, 5.41) is 0. The number of likely N-dealkylation sites (tertiary alicyclic amines) is 1. The van der Waals surface area contributed by atoms with Crippen LogP contribution in [0.5, 0.6) is 0 Å². The van der Waals surface area contributed by atoms with Crippen molar-refractivity contribution in [3.8, 4) is 0 Å². The first-order valence-electron chi connectivity index (χ1n) is 6.41. The molecule has 1 unspecified atom stereocenters. The van der Waals surface area contributed by atoms with E-state index in [1.807, 2.05) is 20.8 Å². The molecule has 0 radical (unpaired) electrons. The molecule has 0 aromatic carbocycles. The van der Waals surface area contributed by atoms with Crippen LogP contribution in [0, 0.1) is 5.41 Å². The fraction of sp³-hybridized carbons (Fsp3) is 0.917. The molecule has 1 amide bonds. The highest BCUT2D eigenvalue weighted by atomic mass is 32.2. The number of rotatable bonds is 4. The predicted molar refractivity (Wildman–Crippen MR) is 71.1 cm³/mol. The van der Waals surface area contributed by atoms with E-state index in [2.05, 4.69) is 0 Å².